The molecule has 29 heavy (non-hydrogen) atoms. The predicted octanol–water partition coefficient (Wildman–Crippen LogP) is 4.06. The number of rotatable bonds is 5. The van der Waals surface area contributed by atoms with E-state index in [1.807, 2.05) is 35.6 Å². The lowest BCUT2D eigenvalue weighted by atomic mass is 10.2. The van der Waals surface area contributed by atoms with Crippen molar-refractivity contribution in [3.63, 3.8) is 0 Å². The quantitative estimate of drug-likeness (QED) is 0.395. The second-order valence-corrected chi connectivity index (χ2v) is 6.83. The summed E-state index contributed by atoms with van der Waals surface area (Å²) in [5.74, 6) is 0.888. The minimum Gasteiger partial charge on any atom is -0.465 e. The van der Waals surface area contributed by atoms with Crippen LogP contribution in [0, 0.1) is 0 Å². The molecule has 2 aromatic carbocycles. The minimum atomic E-state index is -1.42. The summed E-state index contributed by atoms with van der Waals surface area (Å²) < 4.78 is 10.8. The summed E-state index contributed by atoms with van der Waals surface area (Å²) in [5, 5.41) is 16.6. The Hall–Kier alpha value is -3.75. The first-order valence-electron chi connectivity index (χ1n) is 8.73. The molecular formula is C20H23N3O6. The molecule has 154 valence electrons. The highest BCUT2D eigenvalue weighted by molar-refractivity contribution is 6.00. The molecule has 0 spiro atoms. The average molecular weight is 401 g/mol. The molecule has 0 radical (unpaired) electrons. The summed E-state index contributed by atoms with van der Waals surface area (Å²) in [6.45, 7) is 5.05. The summed E-state index contributed by atoms with van der Waals surface area (Å²) in [5.41, 5.74) is -0.0209. The van der Waals surface area contributed by atoms with E-state index >= 15 is 0 Å². The molecule has 0 fully saturated rings. The number of nitrogens with one attached hydrogen (secondary N) is 2. The Kier molecular flexibility index (Phi) is 7.41. The maximum Gasteiger partial charge on any atom is 0.414 e. The van der Waals surface area contributed by atoms with Gasteiger partial charge < -0.3 is 19.4 Å². The number of benzene rings is 2. The van der Waals surface area contributed by atoms with E-state index in [0.717, 1.165) is 5.56 Å². The summed E-state index contributed by atoms with van der Waals surface area (Å²) >= 11 is 0. The van der Waals surface area contributed by atoms with Crippen molar-refractivity contribution in [2.75, 3.05) is 0 Å². The fraction of sp³-hybridized carbons (Fsp3) is 0.250. The van der Waals surface area contributed by atoms with Crippen molar-refractivity contribution >= 4 is 18.1 Å². The number of carboxylic acid groups (broad SMARTS) is 1. The summed E-state index contributed by atoms with van der Waals surface area (Å²) in [6.07, 6.45) is -2.28. The van der Waals surface area contributed by atoms with Gasteiger partial charge in [0.05, 0.1) is 0 Å². The lowest BCUT2D eigenvalue weighted by Gasteiger charge is -2.19. The van der Waals surface area contributed by atoms with E-state index in [-0.39, 0.29) is 6.61 Å². The van der Waals surface area contributed by atoms with Crippen molar-refractivity contribution in [2.45, 2.75) is 33.0 Å². The van der Waals surface area contributed by atoms with E-state index in [9.17, 15) is 9.59 Å². The maximum atomic E-state index is 11.8. The van der Waals surface area contributed by atoms with Gasteiger partial charge in [-0.3, -0.25) is 10.6 Å². The Labute approximate surface area is 168 Å². The largest absolute Gasteiger partial charge is 0.465 e. The van der Waals surface area contributed by atoms with Crippen molar-refractivity contribution in [3.8, 4) is 11.5 Å². The maximum absolute atomic E-state index is 11.8. The minimum absolute atomic E-state index is 0.0206. The number of hydrogen-bond donors (Lipinski definition) is 3. The van der Waals surface area contributed by atoms with E-state index in [2.05, 4.69) is 10.5 Å². The monoisotopic (exact) mass is 401 g/mol. The van der Waals surface area contributed by atoms with Gasteiger partial charge in [-0.1, -0.05) is 30.3 Å². The van der Waals surface area contributed by atoms with E-state index in [4.69, 9.17) is 19.4 Å². The number of amides is 2. The van der Waals surface area contributed by atoms with Crippen LogP contribution >= 0.6 is 0 Å². The van der Waals surface area contributed by atoms with E-state index in [1.165, 1.54) is 0 Å². The van der Waals surface area contributed by atoms with Gasteiger partial charge in [0.15, 0.2) is 0 Å². The molecule has 2 rings (SSSR count). The molecule has 0 heterocycles. The lowest BCUT2D eigenvalue weighted by Crippen LogP contribution is -2.45. The van der Waals surface area contributed by atoms with Crippen molar-refractivity contribution < 1.29 is 29.0 Å². The smallest absolute Gasteiger partial charge is 0.414 e. The molecule has 2 aromatic rings. The molecule has 0 unspecified atom stereocenters. The Morgan fingerprint density at radius 1 is 1.00 bits per heavy atom. The van der Waals surface area contributed by atoms with Crippen LogP contribution in [-0.4, -0.2) is 28.9 Å². The number of ether oxygens (including phenoxy) is 2. The third-order valence-corrected chi connectivity index (χ3v) is 3.11. The fourth-order valence-corrected chi connectivity index (χ4v) is 2.07. The average Bonchev–Trinajstić information content (AvgIpc) is 2.60. The molecule has 0 aromatic heterocycles. The topological polar surface area (TPSA) is 118 Å². The van der Waals surface area contributed by atoms with Crippen LogP contribution in [0.2, 0.25) is 0 Å². The van der Waals surface area contributed by atoms with Gasteiger partial charge >= 0.3 is 12.2 Å². The van der Waals surface area contributed by atoms with Gasteiger partial charge in [-0.15, -0.1) is 0 Å². The lowest BCUT2D eigenvalue weighted by molar-refractivity contribution is 0.0555. The number of para-hydroxylation sites is 1. The van der Waals surface area contributed by atoms with Crippen LogP contribution in [0.3, 0.4) is 0 Å². The Morgan fingerprint density at radius 3 is 2.34 bits per heavy atom. The van der Waals surface area contributed by atoms with Crippen LogP contribution in [0.1, 0.15) is 26.3 Å². The molecule has 9 heteroatoms. The number of carbonyl (C=O) groups is 2. The highest BCUT2D eigenvalue weighted by Gasteiger charge is 2.18. The number of oxime groups is 1. The molecule has 0 saturated heterocycles. The van der Waals surface area contributed by atoms with Gasteiger partial charge in [0.1, 0.15) is 23.7 Å². The van der Waals surface area contributed by atoms with Crippen LogP contribution < -0.4 is 15.4 Å². The SMILES string of the molecule is CC(C)(C)OC(=O)NC(=NOCc1cccc(Oc2ccccc2)c1)NC(=O)O. The summed E-state index contributed by atoms with van der Waals surface area (Å²) in [6, 6.07) is 16.4. The molecule has 0 atom stereocenters. The number of alkyl carbamates (subject to hydrolysis) is 1. The highest BCUT2D eigenvalue weighted by atomic mass is 16.6. The van der Waals surface area contributed by atoms with Gasteiger partial charge in [-0.2, -0.15) is 0 Å². The Balaban J connectivity index is 1.97. The number of hydrogen-bond acceptors (Lipinski definition) is 6. The molecule has 0 saturated carbocycles. The molecule has 0 aliphatic carbocycles. The van der Waals surface area contributed by atoms with Crippen molar-refractivity contribution in [3.05, 3.63) is 60.2 Å². The van der Waals surface area contributed by atoms with Crippen molar-refractivity contribution in [1.29, 1.82) is 0 Å². The van der Waals surface area contributed by atoms with E-state index < -0.39 is 23.7 Å². The predicted molar refractivity (Wildman–Crippen MR) is 106 cm³/mol. The third kappa shape index (κ3) is 8.65. The van der Waals surface area contributed by atoms with Gasteiger partial charge in [-0.05, 0) is 55.8 Å². The molecule has 3 N–H and O–H groups in total. The fourth-order valence-electron chi connectivity index (χ4n) is 2.07. The second-order valence-electron chi connectivity index (χ2n) is 6.83. The standard InChI is InChI=1S/C20H23N3O6/c1-20(2,3)29-19(26)22-17(21-18(24)25)23-27-13-14-8-7-11-16(12-14)28-15-9-5-4-6-10-15/h4-12H,13H2,1-3H3,(H,24,25)(H2,21,22,23,26). The molecule has 0 aliphatic rings. The zero-order valence-corrected chi connectivity index (χ0v) is 16.3. The third-order valence-electron chi connectivity index (χ3n) is 3.11. The van der Waals surface area contributed by atoms with E-state index in [1.54, 1.807) is 45.0 Å². The first-order chi connectivity index (χ1) is 13.7. The second kappa shape index (κ2) is 9.98. The highest BCUT2D eigenvalue weighted by Crippen LogP contribution is 2.22. The van der Waals surface area contributed by atoms with Gasteiger partial charge in [0.2, 0.25) is 0 Å². The Bertz CT molecular complexity index is 862. The van der Waals surface area contributed by atoms with Crippen LogP contribution in [0.5, 0.6) is 11.5 Å². The summed E-state index contributed by atoms with van der Waals surface area (Å²) in [4.78, 5) is 27.8. The number of carbonyl (C=O) groups excluding carboxylic acids is 1. The van der Waals surface area contributed by atoms with Crippen molar-refractivity contribution in [1.82, 2.24) is 10.6 Å². The van der Waals surface area contributed by atoms with Crippen molar-refractivity contribution in [2.24, 2.45) is 5.16 Å². The van der Waals surface area contributed by atoms with Gasteiger partial charge in [0, 0.05) is 0 Å². The summed E-state index contributed by atoms with van der Waals surface area (Å²) in [7, 11) is 0. The normalized spacial score (nSPS) is 11.3. The van der Waals surface area contributed by atoms with Gasteiger partial charge in [-0.25, -0.2) is 9.59 Å². The van der Waals surface area contributed by atoms with Crippen LogP contribution in [0.25, 0.3) is 0 Å². The molecule has 2 amide bonds. The number of nitrogens with zero attached hydrogens (tertiary/aromatic N) is 1. The molecular weight excluding hydrogens is 378 g/mol. The van der Waals surface area contributed by atoms with Crippen LogP contribution in [0.4, 0.5) is 9.59 Å². The van der Waals surface area contributed by atoms with E-state index in [0.29, 0.717) is 11.5 Å². The Morgan fingerprint density at radius 2 is 1.69 bits per heavy atom. The zero-order valence-electron chi connectivity index (χ0n) is 16.3. The molecule has 0 bridgehead atoms. The molecule has 0 aliphatic heterocycles. The first kappa shape index (κ1) is 21.5. The molecule has 9 nitrogen and oxygen atoms in total. The van der Waals surface area contributed by atoms with Crippen LogP contribution in [-0.2, 0) is 16.2 Å². The number of guanidine groups is 1. The van der Waals surface area contributed by atoms with Gasteiger partial charge in [0.25, 0.3) is 5.96 Å². The zero-order chi connectivity index (χ0) is 21.3. The first-order valence-corrected chi connectivity index (χ1v) is 8.73. The van der Waals surface area contributed by atoms with Crippen LogP contribution in [0.15, 0.2) is 59.8 Å².